The molecule has 1 N–H and O–H groups in total. The minimum absolute atomic E-state index is 0.0380. The number of carbonyl (C=O) groups excluding carboxylic acids is 3. The number of rotatable bonds is 5. The van der Waals surface area contributed by atoms with Crippen LogP contribution in [0.4, 0.5) is 5.69 Å². The lowest BCUT2D eigenvalue weighted by Crippen LogP contribution is -2.56. The smallest absolute Gasteiger partial charge is 0.251 e. The number of aliphatic hydroxyl groups excluding tert-OH is 1. The van der Waals surface area contributed by atoms with Crippen molar-refractivity contribution in [1.29, 1.82) is 0 Å². The first kappa shape index (κ1) is 25.4. The van der Waals surface area contributed by atoms with Gasteiger partial charge in [-0.1, -0.05) is 42.8 Å². The van der Waals surface area contributed by atoms with Gasteiger partial charge in [-0.05, 0) is 44.5 Å². The topological polar surface area (TPSA) is 81.2 Å². The van der Waals surface area contributed by atoms with Crippen molar-refractivity contribution in [2.45, 2.75) is 48.8 Å². The molecule has 4 aliphatic heterocycles. The highest BCUT2D eigenvalue weighted by atomic mass is 35.5. The summed E-state index contributed by atoms with van der Waals surface area (Å²) in [4.78, 5) is 47.5. The van der Waals surface area contributed by atoms with Gasteiger partial charge in [0.25, 0.3) is 5.91 Å². The number of benzene rings is 1. The molecule has 4 heterocycles. The van der Waals surface area contributed by atoms with Gasteiger partial charge < -0.3 is 19.8 Å². The van der Waals surface area contributed by atoms with Crippen LogP contribution >= 0.6 is 23.4 Å². The summed E-state index contributed by atoms with van der Waals surface area (Å²) in [5.41, 5.74) is 0.687. The molecular formula is C27H32ClN3O4S. The fourth-order valence-corrected chi connectivity index (χ4v) is 8.67. The van der Waals surface area contributed by atoms with Gasteiger partial charge >= 0.3 is 0 Å². The molecular weight excluding hydrogens is 498 g/mol. The van der Waals surface area contributed by atoms with Crippen molar-refractivity contribution in [3.05, 3.63) is 53.6 Å². The Morgan fingerprint density at radius 1 is 1.06 bits per heavy atom. The molecule has 0 radical (unpaired) electrons. The first-order valence-corrected chi connectivity index (χ1v) is 13.7. The number of thioether (sulfide) groups is 1. The molecule has 0 aliphatic carbocycles. The van der Waals surface area contributed by atoms with Crippen LogP contribution in [-0.4, -0.2) is 80.4 Å². The van der Waals surface area contributed by atoms with E-state index in [1.165, 1.54) is 0 Å². The number of hydrogen-bond acceptors (Lipinski definition) is 5. The standard InChI is InChI=1S/C27H32ClN3O4S/c1-4-13-29-14-5-11-26(3)20(23(29)33)21-24(34)31(17(2)16-32)22-25(35)30(15-6-12-27(21,22)36-26)19-9-7-18(28)8-10-19/h5-12,17,20-22,32H,4,13-16H2,1-3H3/t17-,20+,21+,22?,26-,27+/m1/s1. The maximum absolute atomic E-state index is 14.3. The van der Waals surface area contributed by atoms with E-state index in [9.17, 15) is 19.5 Å². The van der Waals surface area contributed by atoms with E-state index in [1.54, 1.807) is 52.8 Å². The summed E-state index contributed by atoms with van der Waals surface area (Å²) in [5.74, 6) is -1.79. The summed E-state index contributed by atoms with van der Waals surface area (Å²) in [6.07, 6.45) is 8.85. The minimum Gasteiger partial charge on any atom is -0.394 e. The van der Waals surface area contributed by atoms with Crippen LogP contribution in [0.2, 0.25) is 5.02 Å². The maximum Gasteiger partial charge on any atom is 0.251 e. The van der Waals surface area contributed by atoms with Crippen LogP contribution in [0.25, 0.3) is 0 Å². The van der Waals surface area contributed by atoms with Crippen molar-refractivity contribution in [3.8, 4) is 0 Å². The molecule has 0 aromatic heterocycles. The summed E-state index contributed by atoms with van der Waals surface area (Å²) in [7, 11) is 0. The summed E-state index contributed by atoms with van der Waals surface area (Å²) in [6.45, 7) is 7.01. The third-order valence-electron chi connectivity index (χ3n) is 7.95. The van der Waals surface area contributed by atoms with E-state index in [0.29, 0.717) is 30.3 Å². The molecule has 1 spiro atoms. The van der Waals surface area contributed by atoms with Gasteiger partial charge in [0, 0.05) is 35.1 Å². The van der Waals surface area contributed by atoms with Gasteiger partial charge in [0.15, 0.2) is 0 Å². The zero-order valence-corrected chi connectivity index (χ0v) is 22.3. The molecule has 192 valence electrons. The van der Waals surface area contributed by atoms with Crippen LogP contribution in [0, 0.1) is 11.8 Å². The second-order valence-corrected chi connectivity index (χ2v) is 12.5. The van der Waals surface area contributed by atoms with Gasteiger partial charge in [0.2, 0.25) is 11.8 Å². The Kier molecular flexibility index (Phi) is 6.50. The zero-order chi connectivity index (χ0) is 25.8. The van der Waals surface area contributed by atoms with Crippen molar-refractivity contribution >= 4 is 46.8 Å². The van der Waals surface area contributed by atoms with E-state index in [2.05, 4.69) is 6.08 Å². The van der Waals surface area contributed by atoms with Gasteiger partial charge in [-0.3, -0.25) is 14.4 Å². The van der Waals surface area contributed by atoms with Gasteiger partial charge in [-0.25, -0.2) is 0 Å². The Labute approximate surface area is 221 Å². The highest BCUT2D eigenvalue weighted by Gasteiger charge is 2.74. The van der Waals surface area contributed by atoms with Crippen LogP contribution in [0.1, 0.15) is 27.2 Å². The largest absolute Gasteiger partial charge is 0.394 e. The van der Waals surface area contributed by atoms with E-state index in [4.69, 9.17) is 11.6 Å². The number of nitrogens with zero attached hydrogens (tertiary/aromatic N) is 3. The molecule has 2 fully saturated rings. The minimum atomic E-state index is -0.923. The van der Waals surface area contributed by atoms with Gasteiger partial charge in [0.05, 0.1) is 29.2 Å². The Bertz CT molecular complexity index is 1140. The highest BCUT2D eigenvalue weighted by Crippen LogP contribution is 2.65. The highest BCUT2D eigenvalue weighted by molar-refractivity contribution is 8.02. The molecule has 1 unspecified atom stereocenters. The van der Waals surface area contributed by atoms with Crippen molar-refractivity contribution in [3.63, 3.8) is 0 Å². The normalized spacial score (nSPS) is 34.4. The van der Waals surface area contributed by atoms with Crippen molar-refractivity contribution in [1.82, 2.24) is 9.80 Å². The summed E-state index contributed by atoms with van der Waals surface area (Å²) in [6, 6.07) is 5.65. The third kappa shape index (κ3) is 3.63. The summed E-state index contributed by atoms with van der Waals surface area (Å²) in [5, 5.41) is 10.7. The second-order valence-electron chi connectivity index (χ2n) is 10.3. The predicted molar refractivity (Wildman–Crippen MR) is 142 cm³/mol. The van der Waals surface area contributed by atoms with E-state index >= 15 is 0 Å². The molecule has 6 atom stereocenters. The zero-order valence-electron chi connectivity index (χ0n) is 20.8. The molecule has 1 aromatic rings. The second kappa shape index (κ2) is 9.23. The monoisotopic (exact) mass is 529 g/mol. The van der Waals surface area contributed by atoms with Gasteiger partial charge in [0.1, 0.15) is 6.04 Å². The molecule has 1 aromatic carbocycles. The number of aliphatic hydroxyl groups is 1. The van der Waals surface area contributed by atoms with Crippen LogP contribution in [-0.2, 0) is 14.4 Å². The summed E-state index contributed by atoms with van der Waals surface area (Å²) >= 11 is 7.64. The van der Waals surface area contributed by atoms with Crippen molar-refractivity contribution < 1.29 is 19.5 Å². The first-order valence-electron chi connectivity index (χ1n) is 12.5. The SMILES string of the molecule is CCCN1CC=C[C@@]2(C)S[C@]34C=CCN(c5ccc(Cl)cc5)C(=O)C3N([C@H](C)CO)C(=O)[C@@H]4[C@H]2C1=O. The lowest BCUT2D eigenvalue weighted by atomic mass is 9.74. The average Bonchev–Trinajstić information content (AvgIpc) is 3.13. The van der Waals surface area contributed by atoms with E-state index < -0.39 is 33.4 Å². The average molecular weight is 530 g/mol. The Balaban J connectivity index is 1.65. The molecule has 0 bridgehead atoms. The number of anilines is 1. The third-order valence-corrected chi connectivity index (χ3v) is 10.00. The van der Waals surface area contributed by atoms with Crippen LogP contribution < -0.4 is 4.90 Å². The van der Waals surface area contributed by atoms with Gasteiger partial charge in [-0.2, -0.15) is 0 Å². The molecule has 7 nitrogen and oxygen atoms in total. The van der Waals surface area contributed by atoms with Gasteiger partial charge in [-0.15, -0.1) is 11.8 Å². The fraction of sp³-hybridized carbons (Fsp3) is 0.519. The summed E-state index contributed by atoms with van der Waals surface area (Å²) < 4.78 is -1.56. The number of halogens is 1. The Morgan fingerprint density at radius 2 is 1.75 bits per heavy atom. The first-order chi connectivity index (χ1) is 17.2. The number of carbonyl (C=O) groups is 3. The number of hydrogen-bond donors (Lipinski definition) is 1. The maximum atomic E-state index is 14.3. The van der Waals surface area contributed by atoms with Crippen molar-refractivity contribution in [2.75, 3.05) is 31.1 Å². The molecule has 3 amide bonds. The quantitative estimate of drug-likeness (QED) is 0.593. The van der Waals surface area contributed by atoms with E-state index in [1.807, 2.05) is 37.0 Å². The fourth-order valence-electron chi connectivity index (χ4n) is 6.40. The Morgan fingerprint density at radius 3 is 2.42 bits per heavy atom. The molecule has 4 aliphatic rings. The number of likely N-dealkylation sites (tertiary alicyclic amines) is 1. The number of fused-ring (bicyclic) bond motifs is 2. The van der Waals surface area contributed by atoms with Crippen molar-refractivity contribution in [2.24, 2.45) is 11.8 Å². The lowest BCUT2D eigenvalue weighted by molar-refractivity contribution is -0.145. The van der Waals surface area contributed by atoms with E-state index in [-0.39, 0.29) is 24.3 Å². The molecule has 5 rings (SSSR count). The Hall–Kier alpha value is -2.29. The van der Waals surface area contributed by atoms with E-state index in [0.717, 1.165) is 6.42 Å². The number of amides is 3. The van der Waals surface area contributed by atoms with Crippen LogP contribution in [0.3, 0.4) is 0 Å². The molecule has 0 saturated carbocycles. The van der Waals surface area contributed by atoms with Crippen LogP contribution in [0.5, 0.6) is 0 Å². The van der Waals surface area contributed by atoms with Crippen LogP contribution in [0.15, 0.2) is 48.6 Å². The molecule has 2 saturated heterocycles. The molecule has 9 heteroatoms. The predicted octanol–water partition coefficient (Wildman–Crippen LogP) is 3.12. The lowest BCUT2D eigenvalue weighted by Gasteiger charge is -2.38. The molecule has 36 heavy (non-hydrogen) atoms.